The van der Waals surface area contributed by atoms with Crippen LogP contribution in [-0.4, -0.2) is 35.6 Å². The second kappa shape index (κ2) is 9.94. The molecule has 0 bridgehead atoms. The molecule has 1 aliphatic rings. The van der Waals surface area contributed by atoms with Crippen LogP contribution < -0.4 is 4.74 Å². The summed E-state index contributed by atoms with van der Waals surface area (Å²) in [4.78, 5) is 14.9. The van der Waals surface area contributed by atoms with Gasteiger partial charge in [-0.3, -0.25) is 0 Å². The molecule has 9 nitrogen and oxygen atoms in total. The fraction of sp³-hybridized carbons (Fsp3) is 0.100. The Balaban J connectivity index is 1.29. The van der Waals surface area contributed by atoms with Crippen LogP contribution in [0.4, 0.5) is 0 Å². The van der Waals surface area contributed by atoms with Gasteiger partial charge in [0, 0.05) is 10.6 Å². The third kappa shape index (κ3) is 4.17. The molecule has 0 unspecified atom stereocenters. The number of benzene rings is 3. The molecule has 0 amide bonds. The fourth-order valence-corrected chi connectivity index (χ4v) is 5.16. The van der Waals surface area contributed by atoms with Gasteiger partial charge in [0.1, 0.15) is 6.33 Å². The molecule has 6 aromatic rings. The minimum Gasteiger partial charge on any atom is -0.420 e. The van der Waals surface area contributed by atoms with Crippen LogP contribution in [0.3, 0.4) is 0 Å². The average molecular weight is 548 g/mol. The summed E-state index contributed by atoms with van der Waals surface area (Å²) in [5.74, 6) is 1.34. The van der Waals surface area contributed by atoms with Gasteiger partial charge in [-0.05, 0) is 30.7 Å². The fourth-order valence-electron chi connectivity index (χ4n) is 4.98. The first-order chi connectivity index (χ1) is 19.7. The third-order valence-electron chi connectivity index (χ3n) is 6.76. The average Bonchev–Trinajstić information content (AvgIpc) is 3.56. The Hall–Kier alpha value is -5.02. The number of halogens is 1. The Kier molecular flexibility index (Phi) is 5.98. The normalized spacial score (nSPS) is 14.2. The highest BCUT2D eigenvalue weighted by Crippen LogP contribution is 2.49. The number of hydrogen-bond acceptors (Lipinski definition) is 7. The predicted octanol–water partition coefficient (Wildman–Crippen LogP) is 6.11. The summed E-state index contributed by atoms with van der Waals surface area (Å²) in [6.45, 7) is 2.07. The van der Waals surface area contributed by atoms with Crippen LogP contribution in [0.5, 0.6) is 11.8 Å². The zero-order chi connectivity index (χ0) is 27.1. The molecule has 0 spiro atoms. The smallest absolute Gasteiger partial charge is 0.230 e. The first kappa shape index (κ1) is 24.1. The molecular formula is C30H22ClN7O2. The van der Waals surface area contributed by atoms with Gasteiger partial charge < -0.3 is 9.57 Å². The van der Waals surface area contributed by atoms with Crippen molar-refractivity contribution in [1.29, 1.82) is 0 Å². The summed E-state index contributed by atoms with van der Waals surface area (Å²) >= 11 is 6.19. The molecule has 3 aromatic heterocycles. The van der Waals surface area contributed by atoms with E-state index in [9.17, 15) is 0 Å². The largest absolute Gasteiger partial charge is 0.420 e. The van der Waals surface area contributed by atoms with Crippen LogP contribution in [0.1, 0.15) is 39.7 Å². The second-order valence-electron chi connectivity index (χ2n) is 9.29. The Bertz CT molecular complexity index is 1870. The zero-order valence-corrected chi connectivity index (χ0v) is 22.1. The SMILES string of the molecule is Cc1nn(-c2ccccc2)c2c1[C@@H](c1ccccc1)c1c(ncn3nc(CO/N=C\c4ccccc4Cl)nc13)O2. The van der Waals surface area contributed by atoms with Gasteiger partial charge in [0.2, 0.25) is 11.8 Å². The van der Waals surface area contributed by atoms with E-state index >= 15 is 0 Å². The van der Waals surface area contributed by atoms with E-state index in [-0.39, 0.29) is 12.5 Å². The number of aromatic nitrogens is 6. The number of rotatable bonds is 6. The Labute approximate surface area is 234 Å². The Morgan fingerprint density at radius 2 is 1.70 bits per heavy atom. The molecule has 40 heavy (non-hydrogen) atoms. The summed E-state index contributed by atoms with van der Waals surface area (Å²) in [7, 11) is 0. The van der Waals surface area contributed by atoms with Crippen LogP contribution in [0, 0.1) is 6.92 Å². The van der Waals surface area contributed by atoms with E-state index < -0.39 is 0 Å². The van der Waals surface area contributed by atoms with Crippen LogP contribution in [-0.2, 0) is 11.4 Å². The molecule has 0 saturated heterocycles. The zero-order valence-electron chi connectivity index (χ0n) is 21.3. The minimum atomic E-state index is -0.218. The molecule has 1 atom stereocenters. The molecule has 0 radical (unpaired) electrons. The van der Waals surface area contributed by atoms with Gasteiger partial charge in [0.25, 0.3) is 0 Å². The lowest BCUT2D eigenvalue weighted by atomic mass is 9.84. The lowest BCUT2D eigenvalue weighted by Gasteiger charge is -2.26. The maximum Gasteiger partial charge on any atom is 0.230 e. The van der Waals surface area contributed by atoms with Gasteiger partial charge in [-0.15, -0.1) is 5.10 Å². The summed E-state index contributed by atoms with van der Waals surface area (Å²) < 4.78 is 9.93. The Morgan fingerprint density at radius 3 is 2.50 bits per heavy atom. The van der Waals surface area contributed by atoms with Gasteiger partial charge in [0.05, 0.1) is 34.6 Å². The molecule has 3 aromatic carbocycles. The van der Waals surface area contributed by atoms with E-state index in [4.69, 9.17) is 31.3 Å². The van der Waals surface area contributed by atoms with Gasteiger partial charge in [0.15, 0.2) is 18.1 Å². The lowest BCUT2D eigenvalue weighted by molar-refractivity contribution is 0.126. The number of para-hydroxylation sites is 1. The number of nitrogens with zero attached hydrogens (tertiary/aromatic N) is 7. The maximum absolute atomic E-state index is 6.45. The molecule has 0 fully saturated rings. The van der Waals surface area contributed by atoms with Gasteiger partial charge in [-0.2, -0.15) is 5.10 Å². The van der Waals surface area contributed by atoms with Gasteiger partial charge in [-0.25, -0.2) is 19.2 Å². The molecule has 0 aliphatic carbocycles. The van der Waals surface area contributed by atoms with Gasteiger partial charge in [-0.1, -0.05) is 83.5 Å². The number of oxime groups is 1. The van der Waals surface area contributed by atoms with E-state index in [1.165, 1.54) is 0 Å². The quantitative estimate of drug-likeness (QED) is 0.184. The van der Waals surface area contributed by atoms with Crippen LogP contribution in [0.25, 0.3) is 11.3 Å². The second-order valence-corrected chi connectivity index (χ2v) is 9.69. The van der Waals surface area contributed by atoms with Crippen LogP contribution in [0.2, 0.25) is 5.02 Å². The molecule has 0 N–H and O–H groups in total. The third-order valence-corrected chi connectivity index (χ3v) is 7.11. The van der Waals surface area contributed by atoms with E-state index in [2.05, 4.69) is 27.4 Å². The summed E-state index contributed by atoms with van der Waals surface area (Å²) in [6, 6.07) is 27.6. The summed E-state index contributed by atoms with van der Waals surface area (Å²) in [6.07, 6.45) is 3.16. The van der Waals surface area contributed by atoms with Crippen molar-refractivity contribution in [3.05, 3.63) is 130 Å². The van der Waals surface area contributed by atoms with Crippen molar-refractivity contribution in [2.45, 2.75) is 19.4 Å². The van der Waals surface area contributed by atoms with Crippen LogP contribution >= 0.6 is 11.6 Å². The molecule has 196 valence electrons. The summed E-state index contributed by atoms with van der Waals surface area (Å²) in [5.41, 5.74) is 6.00. The molecule has 0 saturated carbocycles. The van der Waals surface area contributed by atoms with E-state index in [1.54, 1.807) is 23.1 Å². The standard InChI is InChI=1S/C30H22ClN7O2/c1-19-25-26(20-10-4-2-5-11-20)27-28-34-24(17-39-33-16-21-12-8-9-15-23(21)31)36-37(28)18-32-29(27)40-30(25)38(35-19)22-13-6-3-7-14-22/h2-16,18,26H,17H2,1H3/b33-16-/t26-/m1/s1. The van der Waals surface area contributed by atoms with Crippen molar-refractivity contribution in [1.82, 2.24) is 29.4 Å². The van der Waals surface area contributed by atoms with E-state index in [0.717, 1.165) is 33.6 Å². The highest BCUT2D eigenvalue weighted by Gasteiger charge is 2.38. The Morgan fingerprint density at radius 1 is 0.950 bits per heavy atom. The highest BCUT2D eigenvalue weighted by atomic mass is 35.5. The minimum absolute atomic E-state index is 0.0739. The topological polar surface area (TPSA) is 91.7 Å². The first-order valence-electron chi connectivity index (χ1n) is 12.7. The van der Waals surface area contributed by atoms with Crippen molar-refractivity contribution in [3.63, 3.8) is 0 Å². The number of ether oxygens (including phenoxy) is 1. The molecular weight excluding hydrogens is 526 g/mol. The first-order valence-corrected chi connectivity index (χ1v) is 13.1. The van der Waals surface area contributed by atoms with Gasteiger partial charge >= 0.3 is 0 Å². The monoisotopic (exact) mass is 547 g/mol. The number of fused-ring (bicyclic) bond motifs is 4. The van der Waals surface area contributed by atoms with E-state index in [1.807, 2.05) is 78.3 Å². The summed E-state index contributed by atoms with van der Waals surface area (Å²) in [5, 5.41) is 14.1. The maximum atomic E-state index is 6.45. The van der Waals surface area contributed by atoms with Crippen molar-refractivity contribution in [2.24, 2.45) is 5.16 Å². The van der Waals surface area contributed by atoms with Crippen LogP contribution in [0.15, 0.2) is 96.4 Å². The van der Waals surface area contributed by atoms with Crippen molar-refractivity contribution in [2.75, 3.05) is 0 Å². The molecule has 7 rings (SSSR count). The lowest BCUT2D eigenvalue weighted by Crippen LogP contribution is -2.16. The molecule has 1 aliphatic heterocycles. The predicted molar refractivity (Wildman–Crippen MR) is 150 cm³/mol. The number of aryl methyl sites for hydroxylation is 1. The molecule has 10 heteroatoms. The van der Waals surface area contributed by atoms with Crippen molar-refractivity contribution < 1.29 is 9.57 Å². The van der Waals surface area contributed by atoms with Crippen molar-refractivity contribution in [3.8, 4) is 17.4 Å². The van der Waals surface area contributed by atoms with Crippen molar-refractivity contribution >= 4 is 23.5 Å². The van der Waals surface area contributed by atoms with E-state index in [0.29, 0.717) is 28.3 Å². The highest BCUT2D eigenvalue weighted by molar-refractivity contribution is 6.33. The molecule has 4 heterocycles. The number of hydrogen-bond donors (Lipinski definition) is 0.